The minimum atomic E-state index is -0.890. The Hall–Kier alpha value is -1.56. The minimum Gasteiger partial charge on any atom is -0.446 e. The SMILES string of the molecule is Cn1nccc1C1(O)CCN(C(=O)OC2CCC2)CC1. The van der Waals surface area contributed by atoms with E-state index < -0.39 is 5.60 Å². The molecule has 0 spiro atoms. The zero-order chi connectivity index (χ0) is 14.2. The largest absolute Gasteiger partial charge is 0.446 e. The van der Waals surface area contributed by atoms with Crippen molar-refractivity contribution in [3.05, 3.63) is 18.0 Å². The van der Waals surface area contributed by atoms with Crippen molar-refractivity contribution in [3.8, 4) is 0 Å². The van der Waals surface area contributed by atoms with Gasteiger partial charge in [0.25, 0.3) is 0 Å². The number of rotatable bonds is 2. The first kappa shape index (κ1) is 13.4. The van der Waals surface area contributed by atoms with E-state index in [1.54, 1.807) is 15.8 Å². The molecule has 1 aromatic rings. The number of ether oxygens (including phenoxy) is 1. The number of aromatic nitrogens is 2. The molecule has 0 radical (unpaired) electrons. The van der Waals surface area contributed by atoms with Gasteiger partial charge >= 0.3 is 6.09 Å². The van der Waals surface area contributed by atoms with Crippen LogP contribution in [-0.2, 0) is 17.4 Å². The monoisotopic (exact) mass is 279 g/mol. The average Bonchev–Trinajstić information content (AvgIpc) is 2.81. The maximum absolute atomic E-state index is 12.0. The minimum absolute atomic E-state index is 0.111. The van der Waals surface area contributed by atoms with E-state index in [1.807, 2.05) is 13.1 Å². The van der Waals surface area contributed by atoms with E-state index >= 15 is 0 Å². The Morgan fingerprint density at radius 3 is 2.65 bits per heavy atom. The summed E-state index contributed by atoms with van der Waals surface area (Å²) in [5.41, 5.74) is -0.0806. The molecule has 2 aliphatic rings. The quantitative estimate of drug-likeness (QED) is 0.888. The van der Waals surface area contributed by atoms with Crippen LogP contribution in [-0.4, -0.2) is 45.1 Å². The van der Waals surface area contributed by atoms with Crippen LogP contribution in [0.4, 0.5) is 4.79 Å². The number of piperidine rings is 1. The molecule has 1 aromatic heterocycles. The fourth-order valence-corrected chi connectivity index (χ4v) is 2.85. The number of carbonyl (C=O) groups is 1. The molecule has 3 rings (SSSR count). The highest BCUT2D eigenvalue weighted by molar-refractivity contribution is 5.68. The maximum atomic E-state index is 12.0. The molecule has 0 bridgehead atoms. The molecule has 2 heterocycles. The highest BCUT2D eigenvalue weighted by Crippen LogP contribution is 2.33. The fourth-order valence-electron chi connectivity index (χ4n) is 2.85. The summed E-state index contributed by atoms with van der Waals surface area (Å²) in [6.07, 6.45) is 5.72. The van der Waals surface area contributed by atoms with Crippen molar-refractivity contribution in [2.24, 2.45) is 7.05 Å². The van der Waals surface area contributed by atoms with Gasteiger partial charge in [-0.05, 0) is 38.2 Å². The molecule has 20 heavy (non-hydrogen) atoms. The molecule has 1 saturated carbocycles. The molecule has 1 aliphatic heterocycles. The Morgan fingerprint density at radius 1 is 1.45 bits per heavy atom. The van der Waals surface area contributed by atoms with Gasteiger partial charge in [-0.25, -0.2) is 4.79 Å². The molecule has 110 valence electrons. The van der Waals surface area contributed by atoms with Crippen molar-refractivity contribution in [2.75, 3.05) is 13.1 Å². The second-order valence-electron chi connectivity index (χ2n) is 5.80. The van der Waals surface area contributed by atoms with Gasteiger partial charge < -0.3 is 14.7 Å². The summed E-state index contributed by atoms with van der Waals surface area (Å²) >= 11 is 0. The fraction of sp³-hybridized carbons (Fsp3) is 0.714. The summed E-state index contributed by atoms with van der Waals surface area (Å²) in [4.78, 5) is 13.7. The van der Waals surface area contributed by atoms with Gasteiger partial charge in [-0.3, -0.25) is 4.68 Å². The van der Waals surface area contributed by atoms with Gasteiger partial charge in [-0.1, -0.05) is 0 Å². The van der Waals surface area contributed by atoms with Crippen molar-refractivity contribution in [3.63, 3.8) is 0 Å². The zero-order valence-corrected chi connectivity index (χ0v) is 11.8. The molecule has 1 N–H and O–H groups in total. The number of aryl methyl sites for hydroxylation is 1. The summed E-state index contributed by atoms with van der Waals surface area (Å²) in [6, 6.07) is 1.84. The lowest BCUT2D eigenvalue weighted by atomic mass is 9.88. The van der Waals surface area contributed by atoms with Crippen molar-refractivity contribution in [1.82, 2.24) is 14.7 Å². The average molecular weight is 279 g/mol. The summed E-state index contributed by atoms with van der Waals surface area (Å²) in [6.45, 7) is 1.04. The Labute approximate surface area is 118 Å². The van der Waals surface area contributed by atoms with Crippen molar-refractivity contribution >= 4 is 6.09 Å². The molecular weight excluding hydrogens is 258 g/mol. The van der Waals surface area contributed by atoms with E-state index in [9.17, 15) is 9.90 Å². The Morgan fingerprint density at radius 2 is 2.15 bits per heavy atom. The standard InChI is InChI=1S/C14H21N3O3/c1-16-12(5-8-15-16)14(19)6-9-17(10-7-14)13(18)20-11-3-2-4-11/h5,8,11,19H,2-4,6-7,9-10H2,1H3. The number of aliphatic hydroxyl groups is 1. The summed E-state index contributed by atoms with van der Waals surface area (Å²) in [5.74, 6) is 0. The molecular formula is C14H21N3O3. The van der Waals surface area contributed by atoms with Gasteiger partial charge in [0.15, 0.2) is 0 Å². The molecule has 0 unspecified atom stereocenters. The van der Waals surface area contributed by atoms with Crippen LogP contribution in [0.25, 0.3) is 0 Å². The highest BCUT2D eigenvalue weighted by Gasteiger charge is 2.38. The third-order valence-electron chi connectivity index (χ3n) is 4.47. The van der Waals surface area contributed by atoms with Crippen LogP contribution in [0.3, 0.4) is 0 Å². The van der Waals surface area contributed by atoms with Gasteiger partial charge in [-0.15, -0.1) is 0 Å². The van der Waals surface area contributed by atoms with Crippen LogP contribution in [0.5, 0.6) is 0 Å². The first-order valence-electron chi connectivity index (χ1n) is 7.25. The topological polar surface area (TPSA) is 67.6 Å². The number of nitrogens with zero attached hydrogens (tertiary/aromatic N) is 3. The summed E-state index contributed by atoms with van der Waals surface area (Å²) in [7, 11) is 1.82. The molecule has 0 aromatic carbocycles. The summed E-state index contributed by atoms with van der Waals surface area (Å²) in [5, 5.41) is 14.8. The number of amides is 1. The predicted molar refractivity (Wildman–Crippen MR) is 72.0 cm³/mol. The second-order valence-corrected chi connectivity index (χ2v) is 5.80. The number of likely N-dealkylation sites (tertiary alicyclic amines) is 1. The smallest absolute Gasteiger partial charge is 0.410 e. The third kappa shape index (κ3) is 2.40. The van der Waals surface area contributed by atoms with Crippen LogP contribution in [0.15, 0.2) is 12.3 Å². The maximum Gasteiger partial charge on any atom is 0.410 e. The zero-order valence-electron chi connectivity index (χ0n) is 11.8. The van der Waals surface area contributed by atoms with E-state index in [0.29, 0.717) is 25.9 Å². The summed E-state index contributed by atoms with van der Waals surface area (Å²) < 4.78 is 7.09. The van der Waals surface area contributed by atoms with Crippen molar-refractivity contribution < 1.29 is 14.6 Å². The van der Waals surface area contributed by atoms with Gasteiger partial charge in [0, 0.05) is 26.3 Å². The Balaban J connectivity index is 1.58. The van der Waals surface area contributed by atoms with Crippen LogP contribution < -0.4 is 0 Å². The first-order chi connectivity index (χ1) is 9.58. The van der Waals surface area contributed by atoms with Crippen molar-refractivity contribution in [1.29, 1.82) is 0 Å². The molecule has 1 aliphatic carbocycles. The Kier molecular flexibility index (Phi) is 3.41. The van der Waals surface area contributed by atoms with E-state index in [-0.39, 0.29) is 12.2 Å². The molecule has 1 amide bonds. The molecule has 1 saturated heterocycles. The molecule has 2 fully saturated rings. The normalized spacial score (nSPS) is 22.4. The number of hydrogen-bond acceptors (Lipinski definition) is 4. The lowest BCUT2D eigenvalue weighted by Crippen LogP contribution is -2.47. The van der Waals surface area contributed by atoms with Gasteiger partial charge in [-0.2, -0.15) is 5.10 Å². The molecule has 6 nitrogen and oxygen atoms in total. The van der Waals surface area contributed by atoms with E-state index in [0.717, 1.165) is 25.0 Å². The van der Waals surface area contributed by atoms with Gasteiger partial charge in [0.2, 0.25) is 0 Å². The van der Waals surface area contributed by atoms with Gasteiger partial charge in [0.05, 0.1) is 5.69 Å². The third-order valence-corrected chi connectivity index (χ3v) is 4.47. The van der Waals surface area contributed by atoms with Crippen LogP contribution in [0, 0.1) is 0 Å². The predicted octanol–water partition coefficient (Wildman–Crippen LogP) is 1.39. The van der Waals surface area contributed by atoms with Crippen LogP contribution >= 0.6 is 0 Å². The Bertz CT molecular complexity index is 488. The van der Waals surface area contributed by atoms with E-state index in [4.69, 9.17) is 4.74 Å². The van der Waals surface area contributed by atoms with E-state index in [2.05, 4.69) is 5.10 Å². The number of carbonyl (C=O) groups excluding carboxylic acids is 1. The second kappa shape index (κ2) is 5.09. The number of hydrogen-bond donors (Lipinski definition) is 1. The lowest BCUT2D eigenvalue weighted by Gasteiger charge is -2.38. The van der Waals surface area contributed by atoms with Gasteiger partial charge in [0.1, 0.15) is 11.7 Å². The van der Waals surface area contributed by atoms with Crippen molar-refractivity contribution in [2.45, 2.75) is 43.8 Å². The highest BCUT2D eigenvalue weighted by atomic mass is 16.6. The lowest BCUT2D eigenvalue weighted by molar-refractivity contribution is -0.0389. The van der Waals surface area contributed by atoms with Crippen LogP contribution in [0.1, 0.15) is 37.8 Å². The van der Waals surface area contributed by atoms with E-state index in [1.165, 1.54) is 0 Å². The first-order valence-corrected chi connectivity index (χ1v) is 7.25. The molecule has 0 atom stereocenters. The van der Waals surface area contributed by atoms with Crippen LogP contribution in [0.2, 0.25) is 0 Å². The molecule has 6 heteroatoms.